The van der Waals surface area contributed by atoms with E-state index in [1.54, 1.807) is 6.20 Å². The van der Waals surface area contributed by atoms with Crippen LogP contribution in [0.5, 0.6) is 0 Å². The predicted octanol–water partition coefficient (Wildman–Crippen LogP) is 2.90. The molecule has 0 atom stereocenters. The third kappa shape index (κ3) is 1.77. The molecule has 0 saturated carbocycles. The molecule has 1 aromatic carbocycles. The Morgan fingerprint density at radius 3 is 3.06 bits per heavy atom. The summed E-state index contributed by atoms with van der Waals surface area (Å²) in [4.78, 5) is 0. The fourth-order valence-electron chi connectivity index (χ4n) is 1.54. The molecular formula is C11H9N3OS. The summed E-state index contributed by atoms with van der Waals surface area (Å²) in [7, 11) is 0. The van der Waals surface area contributed by atoms with Gasteiger partial charge in [-0.25, -0.2) is 0 Å². The van der Waals surface area contributed by atoms with Crippen LogP contribution >= 0.6 is 11.5 Å². The van der Waals surface area contributed by atoms with E-state index in [0.29, 0.717) is 6.54 Å². The third-order valence-electron chi connectivity index (χ3n) is 2.27. The Bertz CT molecular complexity index is 555. The molecule has 0 spiro atoms. The van der Waals surface area contributed by atoms with Crippen molar-refractivity contribution >= 4 is 27.5 Å². The van der Waals surface area contributed by atoms with Gasteiger partial charge in [-0.05, 0) is 12.1 Å². The van der Waals surface area contributed by atoms with Crippen molar-refractivity contribution in [2.45, 2.75) is 6.54 Å². The van der Waals surface area contributed by atoms with Crippen LogP contribution in [0.3, 0.4) is 0 Å². The topological polar surface area (TPSA) is 51.0 Å². The van der Waals surface area contributed by atoms with Crippen molar-refractivity contribution < 1.29 is 4.42 Å². The molecule has 3 aromatic rings. The molecule has 0 bridgehead atoms. The maximum Gasteiger partial charge on any atom is 0.134 e. The van der Waals surface area contributed by atoms with Gasteiger partial charge in [-0.3, -0.25) is 0 Å². The Balaban J connectivity index is 1.79. The Morgan fingerprint density at radius 2 is 2.25 bits per heavy atom. The van der Waals surface area contributed by atoms with E-state index in [2.05, 4.69) is 14.9 Å². The summed E-state index contributed by atoms with van der Waals surface area (Å²) in [5.41, 5.74) is 0.918. The lowest BCUT2D eigenvalue weighted by molar-refractivity contribution is 0.559. The predicted molar refractivity (Wildman–Crippen MR) is 63.4 cm³/mol. The maximum absolute atomic E-state index is 5.67. The molecule has 5 heteroatoms. The van der Waals surface area contributed by atoms with E-state index in [-0.39, 0.29) is 0 Å². The fourth-order valence-corrected chi connectivity index (χ4v) is 1.96. The molecule has 0 fully saturated rings. The van der Waals surface area contributed by atoms with Crippen LogP contribution in [0.15, 0.2) is 40.9 Å². The van der Waals surface area contributed by atoms with Crippen molar-refractivity contribution in [2.75, 3.05) is 5.32 Å². The number of hydrogen-bond donors (Lipinski definition) is 1. The molecule has 16 heavy (non-hydrogen) atoms. The van der Waals surface area contributed by atoms with Crippen LogP contribution in [0, 0.1) is 0 Å². The third-order valence-corrected chi connectivity index (χ3v) is 2.90. The van der Waals surface area contributed by atoms with E-state index in [0.717, 1.165) is 21.7 Å². The van der Waals surface area contributed by atoms with Gasteiger partial charge in [-0.15, -0.1) is 5.10 Å². The Labute approximate surface area is 96.1 Å². The fraction of sp³-hybridized carbons (Fsp3) is 0.0909. The van der Waals surface area contributed by atoms with Gasteiger partial charge in [-0.1, -0.05) is 22.7 Å². The summed E-state index contributed by atoms with van der Waals surface area (Å²) in [6.07, 6.45) is 1.70. The number of fused-ring (bicyclic) bond motifs is 1. The second-order valence-electron chi connectivity index (χ2n) is 3.39. The Morgan fingerprint density at radius 1 is 1.31 bits per heavy atom. The number of aromatic nitrogens is 2. The molecule has 0 aliphatic carbocycles. The van der Waals surface area contributed by atoms with Gasteiger partial charge in [0.2, 0.25) is 0 Å². The lowest BCUT2D eigenvalue weighted by Crippen LogP contribution is -1.95. The van der Waals surface area contributed by atoms with Crippen LogP contribution in [0.2, 0.25) is 0 Å². The molecule has 2 aromatic heterocycles. The number of anilines is 1. The average Bonchev–Trinajstić information content (AvgIpc) is 2.95. The van der Waals surface area contributed by atoms with Gasteiger partial charge in [0.05, 0.1) is 12.7 Å². The summed E-state index contributed by atoms with van der Waals surface area (Å²) in [5, 5.41) is 9.03. The Hall–Kier alpha value is -1.88. The molecule has 80 valence electrons. The number of furan rings is 1. The molecule has 4 nitrogen and oxygen atoms in total. The number of hydrogen-bond acceptors (Lipinski definition) is 5. The largest absolute Gasteiger partial charge is 0.459 e. The monoisotopic (exact) mass is 231 g/mol. The smallest absolute Gasteiger partial charge is 0.134 e. The molecule has 1 N–H and O–H groups in total. The number of benzene rings is 1. The van der Waals surface area contributed by atoms with Crippen LogP contribution in [0.1, 0.15) is 5.76 Å². The normalized spacial score (nSPS) is 10.8. The van der Waals surface area contributed by atoms with Crippen molar-refractivity contribution in [3.8, 4) is 0 Å². The van der Waals surface area contributed by atoms with Crippen LogP contribution in [-0.4, -0.2) is 9.59 Å². The number of rotatable bonds is 3. The van der Waals surface area contributed by atoms with Crippen molar-refractivity contribution in [2.24, 2.45) is 0 Å². The average molecular weight is 231 g/mol. The molecule has 0 aliphatic rings. The van der Waals surface area contributed by atoms with Gasteiger partial charge in [0.15, 0.2) is 0 Å². The second-order valence-corrected chi connectivity index (χ2v) is 4.17. The zero-order valence-electron chi connectivity index (χ0n) is 8.38. The minimum atomic E-state index is 0.651. The van der Waals surface area contributed by atoms with Crippen molar-refractivity contribution in [1.29, 1.82) is 0 Å². The van der Waals surface area contributed by atoms with E-state index in [9.17, 15) is 0 Å². The zero-order chi connectivity index (χ0) is 10.8. The zero-order valence-corrected chi connectivity index (χ0v) is 9.20. The van der Waals surface area contributed by atoms with Crippen molar-refractivity contribution in [3.63, 3.8) is 0 Å². The number of para-hydroxylation sites is 1. The lowest BCUT2D eigenvalue weighted by Gasteiger charge is -1.97. The molecule has 0 unspecified atom stereocenters. The van der Waals surface area contributed by atoms with Gasteiger partial charge in [0.25, 0.3) is 0 Å². The van der Waals surface area contributed by atoms with Gasteiger partial charge in [-0.2, -0.15) is 0 Å². The van der Waals surface area contributed by atoms with E-state index < -0.39 is 0 Å². The number of nitrogens with one attached hydrogen (secondary N) is 1. The summed E-state index contributed by atoms with van der Waals surface area (Å²) in [6, 6.07) is 10.0. The summed E-state index contributed by atoms with van der Waals surface area (Å²) in [6.45, 7) is 0.651. The van der Waals surface area contributed by atoms with Gasteiger partial charge < -0.3 is 9.73 Å². The first-order valence-electron chi connectivity index (χ1n) is 4.90. The second kappa shape index (κ2) is 3.94. The summed E-state index contributed by atoms with van der Waals surface area (Å²) >= 11 is 1.34. The highest BCUT2D eigenvalue weighted by Crippen LogP contribution is 2.20. The van der Waals surface area contributed by atoms with Crippen LogP contribution in [0.4, 0.5) is 5.00 Å². The van der Waals surface area contributed by atoms with Gasteiger partial charge in [0.1, 0.15) is 16.3 Å². The Kier molecular flexibility index (Phi) is 2.30. The quantitative estimate of drug-likeness (QED) is 0.753. The van der Waals surface area contributed by atoms with Gasteiger partial charge in [0, 0.05) is 16.9 Å². The highest BCUT2D eigenvalue weighted by molar-refractivity contribution is 7.09. The highest BCUT2D eigenvalue weighted by Gasteiger charge is 2.03. The first-order valence-corrected chi connectivity index (χ1v) is 5.68. The first-order chi connectivity index (χ1) is 7.92. The van der Waals surface area contributed by atoms with Crippen LogP contribution < -0.4 is 5.32 Å². The van der Waals surface area contributed by atoms with Crippen molar-refractivity contribution in [1.82, 2.24) is 9.59 Å². The van der Waals surface area contributed by atoms with E-state index in [4.69, 9.17) is 4.42 Å². The molecule has 0 aliphatic heterocycles. The first kappa shape index (κ1) is 9.35. The molecule has 0 saturated heterocycles. The van der Waals surface area contributed by atoms with Crippen molar-refractivity contribution in [3.05, 3.63) is 42.3 Å². The SMILES string of the molecule is c1ccc2oc(CNc3cnns3)cc2c1. The van der Waals surface area contributed by atoms with Gasteiger partial charge >= 0.3 is 0 Å². The minimum absolute atomic E-state index is 0.651. The highest BCUT2D eigenvalue weighted by atomic mass is 32.1. The van der Waals surface area contributed by atoms with Crippen LogP contribution in [0.25, 0.3) is 11.0 Å². The molecule has 0 amide bonds. The summed E-state index contributed by atoms with van der Waals surface area (Å²) < 4.78 is 9.44. The van der Waals surface area contributed by atoms with E-state index in [1.807, 2.05) is 30.3 Å². The molecular weight excluding hydrogens is 222 g/mol. The number of nitrogens with zero attached hydrogens (tertiary/aromatic N) is 2. The lowest BCUT2D eigenvalue weighted by atomic mass is 10.2. The summed E-state index contributed by atoms with van der Waals surface area (Å²) in [5.74, 6) is 0.912. The van der Waals surface area contributed by atoms with E-state index >= 15 is 0 Å². The standard InChI is InChI=1S/C11H9N3OS/c1-2-4-10-8(3-1)5-9(15-10)6-12-11-7-13-14-16-11/h1-5,7,12H,6H2. The molecule has 2 heterocycles. The van der Waals surface area contributed by atoms with Crippen LogP contribution in [-0.2, 0) is 6.54 Å². The maximum atomic E-state index is 5.67. The molecule has 3 rings (SSSR count). The van der Waals surface area contributed by atoms with E-state index in [1.165, 1.54) is 11.5 Å². The minimum Gasteiger partial charge on any atom is -0.459 e. The molecule has 0 radical (unpaired) electrons.